The average Bonchev–Trinajstić information content (AvgIpc) is 2.29. The lowest BCUT2D eigenvalue weighted by molar-refractivity contribution is -0.162. The molecule has 0 spiro atoms. The fourth-order valence-electron chi connectivity index (χ4n) is 2.31. The van der Waals surface area contributed by atoms with Crippen LogP contribution >= 0.6 is 0 Å². The molecule has 1 heterocycles. The molecule has 0 radical (unpaired) electrons. The number of carbonyl (C=O) groups is 1. The Kier molecular flexibility index (Phi) is 6.26. The Bertz CT molecular complexity index is 312. The normalized spacial score (nSPS) is 18.6. The van der Waals surface area contributed by atoms with Crippen LogP contribution in [0.1, 0.15) is 26.7 Å². The summed E-state index contributed by atoms with van der Waals surface area (Å²) in [5.41, 5.74) is 5.77. The first kappa shape index (κ1) is 17.2. The highest BCUT2D eigenvalue weighted by Gasteiger charge is 2.33. The fraction of sp³-hybridized carbons (Fsp3) is 0.923. The summed E-state index contributed by atoms with van der Waals surface area (Å²) >= 11 is 0. The van der Waals surface area contributed by atoms with Gasteiger partial charge in [0.25, 0.3) is 0 Å². The SMILES string of the molecule is CC(C)CN(CC(F)(F)F)C(=O)CN1CCC(N)CC1. The van der Waals surface area contributed by atoms with Crippen molar-refractivity contribution in [1.29, 1.82) is 0 Å². The van der Waals surface area contributed by atoms with Gasteiger partial charge in [-0.15, -0.1) is 0 Å². The summed E-state index contributed by atoms with van der Waals surface area (Å²) in [6, 6.07) is 0.142. The molecule has 0 unspecified atom stereocenters. The van der Waals surface area contributed by atoms with E-state index in [1.165, 1.54) is 0 Å². The van der Waals surface area contributed by atoms with Gasteiger partial charge in [-0.1, -0.05) is 13.8 Å². The van der Waals surface area contributed by atoms with Crippen molar-refractivity contribution in [3.8, 4) is 0 Å². The number of nitrogens with zero attached hydrogens (tertiary/aromatic N) is 2. The third kappa shape index (κ3) is 6.56. The first-order valence-electron chi connectivity index (χ1n) is 7.00. The van der Waals surface area contributed by atoms with Gasteiger partial charge in [0.2, 0.25) is 5.91 Å². The molecule has 4 nitrogen and oxygen atoms in total. The Morgan fingerprint density at radius 1 is 1.35 bits per heavy atom. The molecular formula is C13H24F3N3O. The van der Waals surface area contributed by atoms with Crippen LogP contribution in [0, 0.1) is 5.92 Å². The number of rotatable bonds is 5. The van der Waals surface area contributed by atoms with Crippen LogP contribution in [-0.2, 0) is 4.79 Å². The third-order valence-corrected chi connectivity index (χ3v) is 3.30. The number of amides is 1. The number of piperidine rings is 1. The van der Waals surface area contributed by atoms with Crippen molar-refractivity contribution in [1.82, 2.24) is 9.80 Å². The minimum atomic E-state index is -4.35. The number of likely N-dealkylation sites (tertiary alicyclic amines) is 1. The van der Waals surface area contributed by atoms with E-state index in [9.17, 15) is 18.0 Å². The Labute approximate surface area is 118 Å². The molecule has 2 N–H and O–H groups in total. The predicted octanol–water partition coefficient (Wildman–Crippen LogP) is 1.46. The maximum Gasteiger partial charge on any atom is 0.406 e. The molecule has 1 fully saturated rings. The molecule has 0 atom stereocenters. The summed E-state index contributed by atoms with van der Waals surface area (Å²) in [7, 11) is 0. The summed E-state index contributed by atoms with van der Waals surface area (Å²) in [5.74, 6) is -0.442. The lowest BCUT2D eigenvalue weighted by atomic mass is 10.1. The van der Waals surface area contributed by atoms with Crippen molar-refractivity contribution >= 4 is 5.91 Å². The zero-order valence-electron chi connectivity index (χ0n) is 12.1. The summed E-state index contributed by atoms with van der Waals surface area (Å²) in [6.45, 7) is 3.97. The second-order valence-corrected chi connectivity index (χ2v) is 5.90. The summed E-state index contributed by atoms with van der Waals surface area (Å²) in [5, 5.41) is 0. The zero-order chi connectivity index (χ0) is 15.3. The van der Waals surface area contributed by atoms with Gasteiger partial charge >= 0.3 is 6.18 Å². The molecule has 1 aliphatic rings. The Morgan fingerprint density at radius 2 is 1.90 bits per heavy atom. The van der Waals surface area contributed by atoms with Crippen LogP contribution in [0.5, 0.6) is 0 Å². The molecular weight excluding hydrogens is 271 g/mol. The molecule has 0 bridgehead atoms. The molecule has 7 heteroatoms. The number of alkyl halides is 3. The van der Waals surface area contributed by atoms with Gasteiger partial charge in [-0.2, -0.15) is 13.2 Å². The molecule has 118 valence electrons. The van der Waals surface area contributed by atoms with Crippen molar-refractivity contribution in [3.63, 3.8) is 0 Å². The molecule has 0 aromatic heterocycles. The first-order valence-corrected chi connectivity index (χ1v) is 7.00. The minimum absolute atomic E-state index is 0.0103. The van der Waals surface area contributed by atoms with Crippen LogP contribution in [0.3, 0.4) is 0 Å². The van der Waals surface area contributed by atoms with E-state index < -0.39 is 18.6 Å². The van der Waals surface area contributed by atoms with Crippen molar-refractivity contribution in [3.05, 3.63) is 0 Å². The predicted molar refractivity (Wildman–Crippen MR) is 71.1 cm³/mol. The zero-order valence-corrected chi connectivity index (χ0v) is 12.1. The highest BCUT2D eigenvalue weighted by molar-refractivity contribution is 5.78. The van der Waals surface area contributed by atoms with Crippen molar-refractivity contribution in [2.24, 2.45) is 11.7 Å². The third-order valence-electron chi connectivity index (χ3n) is 3.30. The smallest absolute Gasteiger partial charge is 0.332 e. The quantitative estimate of drug-likeness (QED) is 0.835. The number of nitrogens with two attached hydrogens (primary N) is 1. The summed E-state index contributed by atoms with van der Waals surface area (Å²) < 4.78 is 37.6. The van der Waals surface area contributed by atoms with Gasteiger partial charge in [0.1, 0.15) is 6.54 Å². The molecule has 0 aromatic carbocycles. The van der Waals surface area contributed by atoms with E-state index in [-0.39, 0.29) is 25.0 Å². The van der Waals surface area contributed by atoms with Gasteiger partial charge in [0.05, 0.1) is 6.54 Å². The largest absolute Gasteiger partial charge is 0.406 e. The van der Waals surface area contributed by atoms with E-state index in [1.54, 1.807) is 13.8 Å². The van der Waals surface area contributed by atoms with Crippen molar-refractivity contribution in [2.75, 3.05) is 32.7 Å². The molecule has 0 aromatic rings. The second-order valence-electron chi connectivity index (χ2n) is 5.90. The lowest BCUT2D eigenvalue weighted by Crippen LogP contribution is -2.48. The Hall–Kier alpha value is -0.820. The van der Waals surface area contributed by atoms with Crippen LogP contribution in [0.25, 0.3) is 0 Å². The number of halogens is 3. The van der Waals surface area contributed by atoms with Crippen LogP contribution in [0.15, 0.2) is 0 Å². The molecule has 1 amide bonds. The Morgan fingerprint density at radius 3 is 2.35 bits per heavy atom. The van der Waals surface area contributed by atoms with E-state index in [1.807, 2.05) is 4.90 Å². The number of hydrogen-bond donors (Lipinski definition) is 1. The van der Waals surface area contributed by atoms with Gasteiger partial charge in [-0.25, -0.2) is 0 Å². The number of carbonyl (C=O) groups excluding carboxylic acids is 1. The average molecular weight is 295 g/mol. The van der Waals surface area contributed by atoms with Gasteiger partial charge in [0, 0.05) is 25.7 Å². The monoisotopic (exact) mass is 295 g/mol. The second kappa shape index (κ2) is 7.26. The van der Waals surface area contributed by atoms with Crippen LogP contribution in [-0.4, -0.2) is 60.6 Å². The molecule has 1 aliphatic heterocycles. The first-order chi connectivity index (χ1) is 9.17. The number of hydrogen-bond acceptors (Lipinski definition) is 3. The molecule has 0 aliphatic carbocycles. The Balaban J connectivity index is 2.54. The highest BCUT2D eigenvalue weighted by Crippen LogP contribution is 2.18. The van der Waals surface area contributed by atoms with Gasteiger partial charge in [-0.05, 0) is 18.8 Å². The lowest BCUT2D eigenvalue weighted by Gasteiger charge is -2.32. The van der Waals surface area contributed by atoms with Gasteiger partial charge in [0.15, 0.2) is 0 Å². The van der Waals surface area contributed by atoms with Crippen molar-refractivity contribution < 1.29 is 18.0 Å². The standard InChI is InChI=1S/C13H24F3N3O/c1-10(2)7-19(9-13(14,15)16)12(20)8-18-5-3-11(17)4-6-18/h10-11H,3-9,17H2,1-2H3. The molecule has 1 saturated heterocycles. The van der Waals surface area contributed by atoms with E-state index in [0.29, 0.717) is 13.1 Å². The fourth-order valence-corrected chi connectivity index (χ4v) is 2.31. The topological polar surface area (TPSA) is 49.6 Å². The van der Waals surface area contributed by atoms with Crippen LogP contribution in [0.2, 0.25) is 0 Å². The summed E-state index contributed by atoms with van der Waals surface area (Å²) in [4.78, 5) is 14.9. The van der Waals surface area contributed by atoms with E-state index in [2.05, 4.69) is 0 Å². The maximum atomic E-state index is 12.5. The van der Waals surface area contributed by atoms with Gasteiger partial charge in [-0.3, -0.25) is 9.69 Å². The maximum absolute atomic E-state index is 12.5. The van der Waals surface area contributed by atoms with Crippen LogP contribution < -0.4 is 5.73 Å². The van der Waals surface area contributed by atoms with E-state index >= 15 is 0 Å². The minimum Gasteiger partial charge on any atom is -0.332 e. The molecule has 20 heavy (non-hydrogen) atoms. The highest BCUT2D eigenvalue weighted by atomic mass is 19.4. The molecule has 0 saturated carbocycles. The van der Waals surface area contributed by atoms with Gasteiger partial charge < -0.3 is 10.6 Å². The van der Waals surface area contributed by atoms with E-state index in [0.717, 1.165) is 17.7 Å². The van der Waals surface area contributed by atoms with E-state index in [4.69, 9.17) is 5.73 Å². The molecule has 1 rings (SSSR count). The van der Waals surface area contributed by atoms with Crippen molar-refractivity contribution in [2.45, 2.75) is 38.9 Å². The summed E-state index contributed by atoms with van der Waals surface area (Å²) in [6.07, 6.45) is -2.78. The van der Waals surface area contributed by atoms with Crippen LogP contribution in [0.4, 0.5) is 13.2 Å².